The lowest BCUT2D eigenvalue weighted by atomic mass is 9.98. The number of nitrogens with two attached hydrogens (primary N) is 1. The summed E-state index contributed by atoms with van der Waals surface area (Å²) in [6.45, 7) is 0. The van der Waals surface area contributed by atoms with Crippen LogP contribution in [0.3, 0.4) is 0 Å². The molecular formula is C17H16N2O. The van der Waals surface area contributed by atoms with Crippen LogP contribution in [0.5, 0.6) is 0 Å². The lowest BCUT2D eigenvalue weighted by Gasteiger charge is -2.15. The molecule has 20 heavy (non-hydrogen) atoms. The predicted molar refractivity (Wildman–Crippen MR) is 79.8 cm³/mol. The molecule has 100 valence electrons. The van der Waals surface area contributed by atoms with E-state index in [1.54, 1.807) is 12.5 Å². The van der Waals surface area contributed by atoms with Crippen LogP contribution in [0.15, 0.2) is 77.6 Å². The van der Waals surface area contributed by atoms with E-state index in [4.69, 9.17) is 10.3 Å². The van der Waals surface area contributed by atoms with E-state index >= 15 is 0 Å². The number of furan rings is 1. The molecular weight excluding hydrogens is 248 g/mol. The standard InChI is InChI=1S/C17H16N2O/c18-19-17(16-10-11-20-12-16)15-8-6-14(7-9-15)13-4-2-1-3-5-13/h1-12,17,19H,18H2. The number of hydrogen-bond donors (Lipinski definition) is 2. The van der Waals surface area contributed by atoms with E-state index in [1.165, 1.54) is 11.1 Å². The van der Waals surface area contributed by atoms with E-state index in [1.807, 2.05) is 24.3 Å². The van der Waals surface area contributed by atoms with Crippen LogP contribution in [0, 0.1) is 0 Å². The molecule has 0 radical (unpaired) electrons. The summed E-state index contributed by atoms with van der Waals surface area (Å²) >= 11 is 0. The summed E-state index contributed by atoms with van der Waals surface area (Å²) in [7, 11) is 0. The second-order valence-corrected chi connectivity index (χ2v) is 4.64. The lowest BCUT2D eigenvalue weighted by molar-refractivity contribution is 0.553. The summed E-state index contributed by atoms with van der Waals surface area (Å²) < 4.78 is 5.12. The second-order valence-electron chi connectivity index (χ2n) is 4.64. The van der Waals surface area contributed by atoms with E-state index in [9.17, 15) is 0 Å². The smallest absolute Gasteiger partial charge is 0.0954 e. The molecule has 1 heterocycles. The van der Waals surface area contributed by atoms with E-state index in [-0.39, 0.29) is 6.04 Å². The van der Waals surface area contributed by atoms with Crippen molar-refractivity contribution in [3.63, 3.8) is 0 Å². The Labute approximate surface area is 118 Å². The molecule has 0 aliphatic heterocycles. The number of benzene rings is 2. The molecule has 1 aromatic heterocycles. The quantitative estimate of drug-likeness (QED) is 0.560. The molecule has 3 rings (SSSR count). The summed E-state index contributed by atoms with van der Waals surface area (Å²) in [5.74, 6) is 5.65. The van der Waals surface area contributed by atoms with E-state index in [0.717, 1.165) is 11.1 Å². The van der Waals surface area contributed by atoms with Gasteiger partial charge in [-0.1, -0.05) is 54.6 Å². The van der Waals surface area contributed by atoms with Crippen molar-refractivity contribution in [2.24, 2.45) is 5.84 Å². The molecule has 3 heteroatoms. The highest BCUT2D eigenvalue weighted by Crippen LogP contribution is 2.25. The summed E-state index contributed by atoms with van der Waals surface area (Å²) in [6, 6.07) is 20.5. The monoisotopic (exact) mass is 264 g/mol. The Kier molecular flexibility index (Phi) is 3.63. The molecule has 0 amide bonds. The Bertz CT molecular complexity index is 645. The van der Waals surface area contributed by atoms with Gasteiger partial charge in [-0.2, -0.15) is 0 Å². The molecule has 0 aliphatic carbocycles. The van der Waals surface area contributed by atoms with Crippen molar-refractivity contribution in [3.8, 4) is 11.1 Å². The van der Waals surface area contributed by atoms with Crippen molar-refractivity contribution in [2.75, 3.05) is 0 Å². The van der Waals surface area contributed by atoms with E-state index in [2.05, 4.69) is 41.8 Å². The number of nitrogens with one attached hydrogen (secondary N) is 1. The van der Waals surface area contributed by atoms with Gasteiger partial charge in [-0.05, 0) is 22.8 Å². The van der Waals surface area contributed by atoms with Crippen LogP contribution in [0.1, 0.15) is 17.2 Å². The van der Waals surface area contributed by atoms with E-state index < -0.39 is 0 Å². The van der Waals surface area contributed by atoms with Gasteiger partial charge < -0.3 is 4.42 Å². The summed E-state index contributed by atoms with van der Waals surface area (Å²) in [6.07, 6.45) is 3.35. The highest BCUT2D eigenvalue weighted by Gasteiger charge is 2.13. The van der Waals surface area contributed by atoms with Gasteiger partial charge in [-0.3, -0.25) is 5.84 Å². The summed E-state index contributed by atoms with van der Waals surface area (Å²) in [4.78, 5) is 0. The van der Waals surface area contributed by atoms with Crippen molar-refractivity contribution in [2.45, 2.75) is 6.04 Å². The molecule has 2 aromatic carbocycles. The first-order valence-electron chi connectivity index (χ1n) is 6.52. The molecule has 0 fully saturated rings. The van der Waals surface area contributed by atoms with Gasteiger partial charge in [0.15, 0.2) is 0 Å². The van der Waals surface area contributed by atoms with Gasteiger partial charge in [0, 0.05) is 5.56 Å². The zero-order valence-corrected chi connectivity index (χ0v) is 11.0. The van der Waals surface area contributed by atoms with Gasteiger partial charge >= 0.3 is 0 Å². The Balaban J connectivity index is 1.89. The highest BCUT2D eigenvalue weighted by molar-refractivity contribution is 5.63. The Morgan fingerprint density at radius 3 is 2.10 bits per heavy atom. The highest BCUT2D eigenvalue weighted by atomic mass is 16.3. The maximum absolute atomic E-state index is 5.65. The van der Waals surface area contributed by atoms with Gasteiger partial charge in [-0.15, -0.1) is 0 Å². The fraction of sp³-hybridized carbons (Fsp3) is 0.0588. The molecule has 3 N–H and O–H groups in total. The van der Waals surface area contributed by atoms with Crippen molar-refractivity contribution in [1.29, 1.82) is 0 Å². The topological polar surface area (TPSA) is 51.2 Å². The molecule has 0 saturated carbocycles. The first-order valence-corrected chi connectivity index (χ1v) is 6.52. The SMILES string of the molecule is NNC(c1ccc(-c2ccccc2)cc1)c1ccoc1. The minimum atomic E-state index is -0.0569. The Morgan fingerprint density at radius 1 is 0.800 bits per heavy atom. The molecule has 0 saturated heterocycles. The first-order chi connectivity index (χ1) is 9.88. The minimum absolute atomic E-state index is 0.0569. The number of rotatable bonds is 4. The fourth-order valence-corrected chi connectivity index (χ4v) is 2.32. The van der Waals surface area contributed by atoms with Crippen LogP contribution in [-0.2, 0) is 0 Å². The normalized spacial score (nSPS) is 12.2. The molecule has 3 nitrogen and oxygen atoms in total. The molecule has 3 aromatic rings. The third kappa shape index (κ3) is 2.50. The van der Waals surface area contributed by atoms with Crippen LogP contribution < -0.4 is 11.3 Å². The molecule has 0 bridgehead atoms. The third-order valence-electron chi connectivity index (χ3n) is 3.39. The first kappa shape index (κ1) is 12.7. The van der Waals surface area contributed by atoms with Crippen molar-refractivity contribution in [1.82, 2.24) is 5.43 Å². The molecule has 1 atom stereocenters. The number of hydrazine groups is 1. The van der Waals surface area contributed by atoms with Crippen molar-refractivity contribution in [3.05, 3.63) is 84.3 Å². The maximum Gasteiger partial charge on any atom is 0.0954 e. The molecule has 0 aliphatic rings. The molecule has 1 unspecified atom stereocenters. The molecule has 0 spiro atoms. The zero-order chi connectivity index (χ0) is 13.8. The fourth-order valence-electron chi connectivity index (χ4n) is 2.32. The van der Waals surface area contributed by atoms with Gasteiger partial charge in [0.1, 0.15) is 0 Å². The van der Waals surface area contributed by atoms with Gasteiger partial charge in [-0.25, -0.2) is 5.43 Å². The average Bonchev–Trinajstić information content (AvgIpc) is 3.04. The van der Waals surface area contributed by atoms with Crippen LogP contribution >= 0.6 is 0 Å². The van der Waals surface area contributed by atoms with Crippen LogP contribution in [0.4, 0.5) is 0 Å². The van der Waals surface area contributed by atoms with E-state index in [0.29, 0.717) is 0 Å². The summed E-state index contributed by atoms with van der Waals surface area (Å²) in [5, 5.41) is 0. The van der Waals surface area contributed by atoms with Crippen molar-refractivity contribution >= 4 is 0 Å². The zero-order valence-electron chi connectivity index (χ0n) is 11.0. The third-order valence-corrected chi connectivity index (χ3v) is 3.39. The Morgan fingerprint density at radius 2 is 1.50 bits per heavy atom. The average molecular weight is 264 g/mol. The van der Waals surface area contributed by atoms with Gasteiger partial charge in [0.25, 0.3) is 0 Å². The number of hydrogen-bond acceptors (Lipinski definition) is 3. The lowest BCUT2D eigenvalue weighted by Crippen LogP contribution is -2.28. The van der Waals surface area contributed by atoms with Crippen LogP contribution in [-0.4, -0.2) is 0 Å². The predicted octanol–water partition coefficient (Wildman–Crippen LogP) is 3.50. The second kappa shape index (κ2) is 5.74. The van der Waals surface area contributed by atoms with Gasteiger partial charge in [0.05, 0.1) is 18.6 Å². The summed E-state index contributed by atoms with van der Waals surface area (Å²) in [5.41, 5.74) is 7.34. The van der Waals surface area contributed by atoms with Gasteiger partial charge in [0.2, 0.25) is 0 Å². The van der Waals surface area contributed by atoms with Crippen LogP contribution in [0.2, 0.25) is 0 Å². The van der Waals surface area contributed by atoms with Crippen LogP contribution in [0.25, 0.3) is 11.1 Å². The maximum atomic E-state index is 5.65. The Hall–Kier alpha value is -2.36. The largest absolute Gasteiger partial charge is 0.472 e. The van der Waals surface area contributed by atoms with Crippen molar-refractivity contribution < 1.29 is 4.42 Å². The minimum Gasteiger partial charge on any atom is -0.472 e.